The molecule has 2 aromatic carbocycles. The Morgan fingerprint density at radius 2 is 1.71 bits per heavy atom. The van der Waals surface area contributed by atoms with Gasteiger partial charge in [-0.1, -0.05) is 48.9 Å². The first-order valence-electron chi connectivity index (χ1n) is 6.96. The zero-order valence-corrected chi connectivity index (χ0v) is 12.3. The SMILES string of the molecule is CCc1ccc(C(=O)COC(=O)c2cccc(C)c2)cc1. The van der Waals surface area contributed by atoms with Gasteiger partial charge in [-0.15, -0.1) is 0 Å². The molecule has 0 saturated carbocycles. The van der Waals surface area contributed by atoms with E-state index in [2.05, 4.69) is 6.92 Å². The van der Waals surface area contributed by atoms with Crippen LogP contribution in [0, 0.1) is 6.92 Å². The second-order valence-corrected chi connectivity index (χ2v) is 4.92. The predicted molar refractivity (Wildman–Crippen MR) is 81.6 cm³/mol. The normalized spacial score (nSPS) is 10.2. The number of hydrogen-bond acceptors (Lipinski definition) is 3. The number of rotatable bonds is 5. The number of ether oxygens (including phenoxy) is 1. The molecular formula is C18H18O3. The Bertz CT molecular complexity index is 642. The van der Waals surface area contributed by atoms with Gasteiger partial charge < -0.3 is 4.74 Å². The Balaban J connectivity index is 1.95. The summed E-state index contributed by atoms with van der Waals surface area (Å²) in [6.45, 7) is 3.72. The van der Waals surface area contributed by atoms with Crippen molar-refractivity contribution in [1.82, 2.24) is 0 Å². The molecule has 0 heterocycles. The van der Waals surface area contributed by atoms with Gasteiger partial charge in [-0.05, 0) is 31.0 Å². The molecule has 0 bridgehead atoms. The number of aryl methyl sites for hydroxylation is 2. The van der Waals surface area contributed by atoms with Crippen molar-refractivity contribution in [2.75, 3.05) is 6.61 Å². The minimum atomic E-state index is -0.475. The molecule has 0 aliphatic carbocycles. The molecule has 2 aromatic rings. The van der Waals surface area contributed by atoms with E-state index in [0.29, 0.717) is 11.1 Å². The summed E-state index contributed by atoms with van der Waals surface area (Å²) in [6.07, 6.45) is 0.927. The van der Waals surface area contributed by atoms with Crippen LogP contribution in [0.15, 0.2) is 48.5 Å². The first-order valence-corrected chi connectivity index (χ1v) is 6.96. The zero-order valence-electron chi connectivity index (χ0n) is 12.3. The third-order valence-electron chi connectivity index (χ3n) is 3.27. The van der Waals surface area contributed by atoms with E-state index >= 15 is 0 Å². The van der Waals surface area contributed by atoms with Crippen LogP contribution in [0.3, 0.4) is 0 Å². The molecule has 108 valence electrons. The van der Waals surface area contributed by atoms with Gasteiger partial charge in [0.05, 0.1) is 5.56 Å². The van der Waals surface area contributed by atoms with Crippen molar-refractivity contribution in [3.8, 4) is 0 Å². The van der Waals surface area contributed by atoms with Crippen LogP contribution >= 0.6 is 0 Å². The number of esters is 1. The summed E-state index contributed by atoms with van der Waals surface area (Å²) in [6, 6.07) is 14.5. The van der Waals surface area contributed by atoms with Gasteiger partial charge in [0.15, 0.2) is 12.4 Å². The van der Waals surface area contributed by atoms with E-state index in [1.54, 1.807) is 30.3 Å². The molecule has 3 nitrogen and oxygen atoms in total. The van der Waals surface area contributed by atoms with Gasteiger partial charge in [-0.25, -0.2) is 4.79 Å². The number of ketones is 1. The van der Waals surface area contributed by atoms with Crippen LogP contribution in [0.1, 0.15) is 38.8 Å². The van der Waals surface area contributed by atoms with E-state index in [4.69, 9.17) is 4.74 Å². The second kappa shape index (κ2) is 6.84. The standard InChI is InChI=1S/C18H18O3/c1-3-14-7-9-15(10-8-14)17(19)12-21-18(20)16-6-4-5-13(2)11-16/h4-11H,3,12H2,1-2H3. The van der Waals surface area contributed by atoms with Crippen LogP contribution in [-0.4, -0.2) is 18.4 Å². The summed E-state index contributed by atoms with van der Waals surface area (Å²) in [4.78, 5) is 23.8. The summed E-state index contributed by atoms with van der Waals surface area (Å²) in [5.74, 6) is -0.670. The first kappa shape index (κ1) is 15.0. The van der Waals surface area contributed by atoms with Crippen molar-refractivity contribution >= 4 is 11.8 Å². The summed E-state index contributed by atoms with van der Waals surface area (Å²) in [5.41, 5.74) is 3.17. The fraction of sp³-hybridized carbons (Fsp3) is 0.222. The number of Topliss-reactive ketones (excluding diaryl/α,β-unsaturated/α-hetero) is 1. The van der Waals surface area contributed by atoms with Gasteiger partial charge in [0, 0.05) is 5.56 Å². The Morgan fingerprint density at radius 1 is 1.00 bits per heavy atom. The van der Waals surface area contributed by atoms with Gasteiger partial charge in [-0.2, -0.15) is 0 Å². The number of benzene rings is 2. The molecule has 2 rings (SSSR count). The van der Waals surface area contributed by atoms with Crippen LogP contribution in [0.25, 0.3) is 0 Å². The average molecular weight is 282 g/mol. The fourth-order valence-electron chi connectivity index (χ4n) is 2.00. The predicted octanol–water partition coefficient (Wildman–Crippen LogP) is 3.60. The highest BCUT2D eigenvalue weighted by Gasteiger charge is 2.11. The fourth-order valence-corrected chi connectivity index (χ4v) is 2.00. The molecule has 0 saturated heterocycles. The summed E-state index contributed by atoms with van der Waals surface area (Å²) in [7, 11) is 0. The van der Waals surface area contributed by atoms with E-state index in [0.717, 1.165) is 12.0 Å². The number of hydrogen-bond donors (Lipinski definition) is 0. The third-order valence-corrected chi connectivity index (χ3v) is 3.27. The minimum absolute atomic E-state index is 0.196. The smallest absolute Gasteiger partial charge is 0.338 e. The summed E-state index contributed by atoms with van der Waals surface area (Å²) in [5, 5.41) is 0. The van der Waals surface area contributed by atoms with Crippen molar-refractivity contribution in [2.24, 2.45) is 0 Å². The van der Waals surface area contributed by atoms with Crippen LogP contribution in [-0.2, 0) is 11.2 Å². The Kier molecular flexibility index (Phi) is 4.88. The van der Waals surface area contributed by atoms with Crippen molar-refractivity contribution in [1.29, 1.82) is 0 Å². The molecular weight excluding hydrogens is 264 g/mol. The van der Waals surface area contributed by atoms with E-state index in [1.165, 1.54) is 5.56 Å². The van der Waals surface area contributed by atoms with Crippen molar-refractivity contribution in [3.63, 3.8) is 0 Å². The van der Waals surface area contributed by atoms with Crippen molar-refractivity contribution in [3.05, 3.63) is 70.8 Å². The van der Waals surface area contributed by atoms with E-state index < -0.39 is 5.97 Å². The highest BCUT2D eigenvalue weighted by molar-refractivity contribution is 5.99. The second-order valence-electron chi connectivity index (χ2n) is 4.92. The lowest BCUT2D eigenvalue weighted by molar-refractivity contribution is 0.0474. The number of carbonyl (C=O) groups excluding carboxylic acids is 2. The van der Waals surface area contributed by atoms with Crippen LogP contribution < -0.4 is 0 Å². The quantitative estimate of drug-likeness (QED) is 0.621. The topological polar surface area (TPSA) is 43.4 Å². The van der Waals surface area contributed by atoms with Crippen LogP contribution in [0.5, 0.6) is 0 Å². The van der Waals surface area contributed by atoms with E-state index in [9.17, 15) is 9.59 Å². The molecule has 21 heavy (non-hydrogen) atoms. The average Bonchev–Trinajstić information content (AvgIpc) is 2.52. The monoisotopic (exact) mass is 282 g/mol. The lowest BCUT2D eigenvalue weighted by Crippen LogP contribution is -2.14. The Labute approximate surface area is 124 Å². The minimum Gasteiger partial charge on any atom is -0.454 e. The highest BCUT2D eigenvalue weighted by Crippen LogP contribution is 2.08. The molecule has 0 radical (unpaired) electrons. The molecule has 3 heteroatoms. The van der Waals surface area contributed by atoms with E-state index in [-0.39, 0.29) is 12.4 Å². The Hall–Kier alpha value is -2.42. The van der Waals surface area contributed by atoms with Gasteiger partial charge in [-0.3, -0.25) is 4.79 Å². The molecule has 0 amide bonds. The van der Waals surface area contributed by atoms with Crippen LogP contribution in [0.4, 0.5) is 0 Å². The first-order chi connectivity index (χ1) is 10.1. The van der Waals surface area contributed by atoms with Crippen LogP contribution in [0.2, 0.25) is 0 Å². The molecule has 0 unspecified atom stereocenters. The lowest BCUT2D eigenvalue weighted by atomic mass is 10.1. The van der Waals surface area contributed by atoms with E-state index in [1.807, 2.05) is 25.1 Å². The molecule has 0 atom stereocenters. The molecule has 0 aliphatic rings. The van der Waals surface area contributed by atoms with Gasteiger partial charge >= 0.3 is 5.97 Å². The molecule has 0 aliphatic heterocycles. The van der Waals surface area contributed by atoms with Gasteiger partial charge in [0.25, 0.3) is 0 Å². The largest absolute Gasteiger partial charge is 0.454 e. The maximum Gasteiger partial charge on any atom is 0.338 e. The summed E-state index contributed by atoms with van der Waals surface area (Å²) >= 11 is 0. The molecule has 0 N–H and O–H groups in total. The maximum atomic E-state index is 12.0. The number of carbonyl (C=O) groups is 2. The molecule has 0 aromatic heterocycles. The third kappa shape index (κ3) is 4.02. The van der Waals surface area contributed by atoms with Crippen molar-refractivity contribution in [2.45, 2.75) is 20.3 Å². The zero-order chi connectivity index (χ0) is 15.2. The maximum absolute atomic E-state index is 12.0. The highest BCUT2D eigenvalue weighted by atomic mass is 16.5. The molecule has 0 fully saturated rings. The van der Waals surface area contributed by atoms with Crippen molar-refractivity contribution < 1.29 is 14.3 Å². The summed E-state index contributed by atoms with van der Waals surface area (Å²) < 4.78 is 5.07. The Morgan fingerprint density at radius 3 is 2.33 bits per heavy atom. The van der Waals surface area contributed by atoms with Gasteiger partial charge in [0.1, 0.15) is 0 Å². The molecule has 0 spiro atoms. The van der Waals surface area contributed by atoms with Gasteiger partial charge in [0.2, 0.25) is 0 Å². The lowest BCUT2D eigenvalue weighted by Gasteiger charge is -2.05.